The average Bonchev–Trinajstić information content (AvgIpc) is 2.38. The molecule has 92 valence electrons. The van der Waals surface area contributed by atoms with Gasteiger partial charge in [0, 0.05) is 6.42 Å². The van der Waals surface area contributed by atoms with E-state index >= 15 is 0 Å². The molecule has 0 saturated carbocycles. The second-order valence-electron chi connectivity index (χ2n) is 4.30. The minimum Gasteiger partial charge on any atom is -0.489 e. The summed E-state index contributed by atoms with van der Waals surface area (Å²) >= 11 is 0. The molecular weight excluding hydrogens is 224 g/mol. The van der Waals surface area contributed by atoms with E-state index in [-0.39, 0.29) is 5.78 Å². The van der Waals surface area contributed by atoms with Gasteiger partial charge in [-0.3, -0.25) is 4.79 Å². The Morgan fingerprint density at radius 3 is 2.22 bits per heavy atom. The van der Waals surface area contributed by atoms with Crippen molar-refractivity contribution in [3.63, 3.8) is 0 Å². The molecule has 0 atom stereocenters. The van der Waals surface area contributed by atoms with Gasteiger partial charge in [-0.15, -0.1) is 0 Å². The minimum absolute atomic E-state index is 0.174. The van der Waals surface area contributed by atoms with Crippen molar-refractivity contribution in [1.82, 2.24) is 0 Å². The molecule has 2 aromatic carbocycles. The van der Waals surface area contributed by atoms with Crippen molar-refractivity contribution in [1.29, 1.82) is 0 Å². The highest BCUT2D eigenvalue weighted by Gasteiger charge is 1.99. The first-order valence-electron chi connectivity index (χ1n) is 5.99. The fourth-order valence-corrected chi connectivity index (χ4v) is 1.73. The second kappa shape index (κ2) is 6.01. The predicted molar refractivity (Wildman–Crippen MR) is 71.6 cm³/mol. The summed E-state index contributed by atoms with van der Waals surface area (Å²) < 4.78 is 5.67. The molecule has 2 nitrogen and oxygen atoms in total. The number of Topliss-reactive ketones (excluding diaryl/α,β-unsaturated/α-hetero) is 1. The van der Waals surface area contributed by atoms with Crippen molar-refractivity contribution >= 4 is 5.78 Å². The molecule has 0 aliphatic heterocycles. The summed E-state index contributed by atoms with van der Waals surface area (Å²) in [6.45, 7) is 2.16. The number of ether oxygens (including phenoxy) is 1. The quantitative estimate of drug-likeness (QED) is 0.800. The van der Waals surface area contributed by atoms with E-state index in [0.29, 0.717) is 13.0 Å². The zero-order chi connectivity index (χ0) is 12.8. The van der Waals surface area contributed by atoms with Gasteiger partial charge in [0.2, 0.25) is 0 Å². The number of carbonyl (C=O) groups is 1. The van der Waals surface area contributed by atoms with Crippen LogP contribution in [0.1, 0.15) is 18.1 Å². The molecule has 0 aliphatic rings. The molecule has 0 saturated heterocycles. The maximum atomic E-state index is 11.0. The van der Waals surface area contributed by atoms with Gasteiger partial charge in [-0.25, -0.2) is 0 Å². The summed E-state index contributed by atoms with van der Waals surface area (Å²) in [6.07, 6.45) is 0.485. The normalized spacial score (nSPS) is 10.1. The lowest BCUT2D eigenvalue weighted by Crippen LogP contribution is -1.97. The molecule has 0 fully saturated rings. The first kappa shape index (κ1) is 12.4. The first-order chi connectivity index (χ1) is 8.74. The van der Waals surface area contributed by atoms with Gasteiger partial charge >= 0.3 is 0 Å². The molecule has 0 unspecified atom stereocenters. The van der Waals surface area contributed by atoms with Gasteiger partial charge in [-0.05, 0) is 30.2 Å². The lowest BCUT2D eigenvalue weighted by Gasteiger charge is -2.06. The summed E-state index contributed by atoms with van der Waals surface area (Å²) in [5.41, 5.74) is 2.17. The number of ketones is 1. The Morgan fingerprint density at radius 2 is 1.61 bits per heavy atom. The standard InChI is InChI=1S/C16H16O2/c1-13(17)11-14-7-9-16(10-8-14)18-12-15-5-3-2-4-6-15/h2-10H,11-12H2,1H3. The summed E-state index contributed by atoms with van der Waals surface area (Å²) in [7, 11) is 0. The monoisotopic (exact) mass is 240 g/mol. The second-order valence-corrected chi connectivity index (χ2v) is 4.30. The van der Waals surface area contributed by atoms with Crippen LogP contribution in [0.2, 0.25) is 0 Å². The van der Waals surface area contributed by atoms with E-state index in [0.717, 1.165) is 16.9 Å². The Morgan fingerprint density at radius 1 is 0.944 bits per heavy atom. The Kier molecular flexibility index (Phi) is 4.13. The van der Waals surface area contributed by atoms with Gasteiger partial charge in [-0.1, -0.05) is 42.5 Å². The zero-order valence-electron chi connectivity index (χ0n) is 10.4. The number of hydrogen-bond acceptors (Lipinski definition) is 2. The van der Waals surface area contributed by atoms with Crippen molar-refractivity contribution < 1.29 is 9.53 Å². The fraction of sp³-hybridized carbons (Fsp3) is 0.188. The smallest absolute Gasteiger partial charge is 0.134 e. The highest BCUT2D eigenvalue weighted by Crippen LogP contribution is 2.14. The Labute approximate surface area is 107 Å². The van der Waals surface area contributed by atoms with Crippen molar-refractivity contribution in [3.05, 3.63) is 65.7 Å². The van der Waals surface area contributed by atoms with Crippen molar-refractivity contribution in [2.24, 2.45) is 0 Å². The van der Waals surface area contributed by atoms with Crippen molar-refractivity contribution in [2.45, 2.75) is 20.0 Å². The lowest BCUT2D eigenvalue weighted by atomic mass is 10.1. The molecule has 0 aliphatic carbocycles. The average molecular weight is 240 g/mol. The van der Waals surface area contributed by atoms with Gasteiger partial charge in [0.05, 0.1) is 0 Å². The molecular formula is C16H16O2. The zero-order valence-corrected chi connectivity index (χ0v) is 10.4. The van der Waals surface area contributed by atoms with Crippen molar-refractivity contribution in [2.75, 3.05) is 0 Å². The largest absolute Gasteiger partial charge is 0.489 e. The molecule has 2 aromatic rings. The Balaban J connectivity index is 1.92. The minimum atomic E-state index is 0.174. The van der Waals surface area contributed by atoms with E-state index in [2.05, 4.69) is 0 Å². The predicted octanol–water partition coefficient (Wildman–Crippen LogP) is 3.40. The number of hydrogen-bond donors (Lipinski definition) is 0. The highest BCUT2D eigenvalue weighted by atomic mass is 16.5. The van der Waals surface area contributed by atoms with Crippen LogP contribution in [-0.4, -0.2) is 5.78 Å². The first-order valence-corrected chi connectivity index (χ1v) is 5.99. The molecule has 0 bridgehead atoms. The lowest BCUT2D eigenvalue weighted by molar-refractivity contribution is -0.116. The van der Waals surface area contributed by atoms with E-state index in [1.54, 1.807) is 6.92 Å². The van der Waals surface area contributed by atoms with Crippen LogP contribution < -0.4 is 4.74 Å². The van der Waals surface area contributed by atoms with Gasteiger partial charge < -0.3 is 4.74 Å². The fourth-order valence-electron chi connectivity index (χ4n) is 1.73. The number of benzene rings is 2. The van der Waals surface area contributed by atoms with Crippen LogP contribution in [0.25, 0.3) is 0 Å². The van der Waals surface area contributed by atoms with Crippen LogP contribution in [0, 0.1) is 0 Å². The van der Waals surface area contributed by atoms with Crippen LogP contribution in [0.5, 0.6) is 5.75 Å². The van der Waals surface area contributed by atoms with Crippen molar-refractivity contribution in [3.8, 4) is 5.75 Å². The summed E-state index contributed by atoms with van der Waals surface area (Å²) in [4.78, 5) is 11.0. The van der Waals surface area contributed by atoms with Crippen LogP contribution >= 0.6 is 0 Å². The SMILES string of the molecule is CC(=O)Cc1ccc(OCc2ccccc2)cc1. The molecule has 18 heavy (non-hydrogen) atoms. The van der Waals surface area contributed by atoms with Crippen LogP contribution in [-0.2, 0) is 17.8 Å². The summed E-state index contributed by atoms with van der Waals surface area (Å²) in [6, 6.07) is 17.7. The van der Waals surface area contributed by atoms with Gasteiger partial charge in [0.15, 0.2) is 0 Å². The molecule has 0 radical (unpaired) electrons. The highest BCUT2D eigenvalue weighted by molar-refractivity contribution is 5.78. The van der Waals surface area contributed by atoms with E-state index in [9.17, 15) is 4.79 Å². The van der Waals surface area contributed by atoms with E-state index in [1.165, 1.54) is 0 Å². The van der Waals surface area contributed by atoms with E-state index < -0.39 is 0 Å². The van der Waals surface area contributed by atoms with E-state index in [4.69, 9.17) is 4.74 Å². The number of carbonyl (C=O) groups excluding carboxylic acids is 1. The Bertz CT molecular complexity index is 500. The third-order valence-corrected chi connectivity index (χ3v) is 2.62. The maximum absolute atomic E-state index is 11.0. The van der Waals surface area contributed by atoms with E-state index in [1.807, 2.05) is 54.6 Å². The van der Waals surface area contributed by atoms with Crippen LogP contribution in [0.4, 0.5) is 0 Å². The van der Waals surface area contributed by atoms with Gasteiger partial charge in [0.1, 0.15) is 18.1 Å². The molecule has 0 spiro atoms. The maximum Gasteiger partial charge on any atom is 0.134 e. The van der Waals surface area contributed by atoms with Gasteiger partial charge in [0.25, 0.3) is 0 Å². The number of rotatable bonds is 5. The van der Waals surface area contributed by atoms with Gasteiger partial charge in [-0.2, -0.15) is 0 Å². The third kappa shape index (κ3) is 3.74. The van der Waals surface area contributed by atoms with Crippen LogP contribution in [0.15, 0.2) is 54.6 Å². The molecule has 0 N–H and O–H groups in total. The molecule has 0 amide bonds. The van der Waals surface area contributed by atoms with Crippen LogP contribution in [0.3, 0.4) is 0 Å². The third-order valence-electron chi connectivity index (χ3n) is 2.62. The summed E-state index contributed by atoms with van der Waals surface area (Å²) in [5, 5.41) is 0. The molecule has 0 aromatic heterocycles. The molecule has 2 heteroatoms. The topological polar surface area (TPSA) is 26.3 Å². The Hall–Kier alpha value is -2.09. The molecule has 0 heterocycles. The molecule has 2 rings (SSSR count). The summed E-state index contributed by atoms with van der Waals surface area (Å²) in [5.74, 6) is 0.999.